The first-order valence-electron chi connectivity index (χ1n) is 5.77. The summed E-state index contributed by atoms with van der Waals surface area (Å²) in [5.41, 5.74) is -0.420. The molecule has 0 heterocycles. The molecule has 0 saturated heterocycles. The molecule has 0 saturated carbocycles. The van der Waals surface area contributed by atoms with E-state index in [-0.39, 0.29) is 76.8 Å². The summed E-state index contributed by atoms with van der Waals surface area (Å²) >= 11 is 0. The Morgan fingerprint density at radius 2 is 1.74 bits per heavy atom. The molecule has 1 N–H and O–H groups in total. The van der Waals surface area contributed by atoms with Crippen molar-refractivity contribution in [3.63, 3.8) is 0 Å². The molecule has 120 valence electrons. The van der Waals surface area contributed by atoms with Gasteiger partial charge in [0.15, 0.2) is 0 Å². The number of hydrogen-bond acceptors (Lipinski definition) is 7. The minimum atomic E-state index is -4.73. The monoisotopic (exact) mass is 384 g/mol. The van der Waals surface area contributed by atoms with Gasteiger partial charge in [0.05, 0.1) is 23.0 Å². The van der Waals surface area contributed by atoms with Gasteiger partial charge in [0.1, 0.15) is 11.0 Å². The molecule has 0 aliphatic carbocycles. The van der Waals surface area contributed by atoms with Crippen LogP contribution < -0.4 is 69.0 Å². The Morgan fingerprint density at radius 1 is 1.22 bits per heavy atom. The van der Waals surface area contributed by atoms with Gasteiger partial charge in [-0.25, -0.2) is 8.42 Å². The van der Waals surface area contributed by atoms with Crippen LogP contribution in [-0.2, 0) is 26.0 Å². The predicted molar refractivity (Wildman–Crippen MR) is 70.4 cm³/mol. The molecule has 1 unspecified atom stereocenters. The number of ether oxygens (including phenoxy) is 1. The second kappa shape index (κ2) is 9.95. The maximum Gasteiger partial charge on any atom is 1.00 e. The topological polar surface area (TPSA) is 144 Å². The van der Waals surface area contributed by atoms with Crippen molar-refractivity contribution in [2.45, 2.75) is 24.3 Å². The summed E-state index contributed by atoms with van der Waals surface area (Å²) in [6.45, 7) is 1.49. The van der Waals surface area contributed by atoms with Gasteiger partial charge in [0, 0.05) is 0 Å². The fraction of sp³-hybridized carbons (Fsp3) is 0.455. The maximum absolute atomic E-state index is 11.9. The van der Waals surface area contributed by atoms with Crippen LogP contribution in [0.2, 0.25) is 0 Å². The average Bonchev–Trinajstić information content (AvgIpc) is 2.30. The third-order valence-electron chi connectivity index (χ3n) is 2.81. The molecule has 0 spiro atoms. The van der Waals surface area contributed by atoms with Crippen LogP contribution in [0.5, 0.6) is 11.5 Å². The largest absolute Gasteiger partial charge is 1.00 e. The first-order valence-corrected chi connectivity index (χ1v) is 8.85. The molecule has 12 heteroatoms. The van der Waals surface area contributed by atoms with Crippen LogP contribution in [0.15, 0.2) is 12.1 Å². The van der Waals surface area contributed by atoms with E-state index in [4.69, 9.17) is 9.29 Å². The summed E-state index contributed by atoms with van der Waals surface area (Å²) in [5.74, 6) is -2.20. The Labute approximate surface area is 179 Å². The normalized spacial score (nSPS) is 12.7. The van der Waals surface area contributed by atoms with E-state index in [1.165, 1.54) is 6.92 Å². The van der Waals surface area contributed by atoms with Gasteiger partial charge in [-0.05, 0) is 23.6 Å². The molecule has 1 aromatic carbocycles. The van der Waals surface area contributed by atoms with Crippen LogP contribution in [0.1, 0.15) is 29.7 Å². The second-order valence-corrected chi connectivity index (χ2v) is 7.33. The SMILES string of the molecule is CCC(c1cc(CS(=O)(=O)[O-])c([O-])c(OC)c1)S(=O)(=O)O.[Na+].[Na+]. The van der Waals surface area contributed by atoms with E-state index >= 15 is 0 Å². The number of methoxy groups -OCH3 is 1. The van der Waals surface area contributed by atoms with Gasteiger partial charge in [0.2, 0.25) is 0 Å². The first kappa shape index (κ1) is 25.9. The van der Waals surface area contributed by atoms with Crippen LogP contribution in [-0.4, -0.2) is 33.1 Å². The van der Waals surface area contributed by atoms with Crippen molar-refractivity contribution in [2.24, 2.45) is 0 Å². The fourth-order valence-electron chi connectivity index (χ4n) is 1.94. The molecule has 0 radical (unpaired) electrons. The molecule has 8 nitrogen and oxygen atoms in total. The van der Waals surface area contributed by atoms with E-state index in [1.54, 1.807) is 0 Å². The van der Waals surface area contributed by atoms with Gasteiger partial charge in [-0.1, -0.05) is 18.7 Å². The predicted octanol–water partition coefficient (Wildman–Crippen LogP) is -5.84. The summed E-state index contributed by atoms with van der Waals surface area (Å²) in [5, 5.41) is 10.5. The molecule has 0 fully saturated rings. The Hall–Kier alpha value is 0.640. The fourth-order valence-corrected chi connectivity index (χ4v) is 3.43. The van der Waals surface area contributed by atoms with Crippen molar-refractivity contribution in [1.29, 1.82) is 0 Å². The number of hydrogen-bond donors (Lipinski definition) is 1. The zero-order chi connectivity index (χ0) is 16.4. The van der Waals surface area contributed by atoms with E-state index in [2.05, 4.69) is 0 Å². The molecular formula is C11H14Na2O8S2. The maximum atomic E-state index is 11.9. The van der Waals surface area contributed by atoms with Crippen LogP contribution in [0.4, 0.5) is 0 Å². The summed E-state index contributed by atoms with van der Waals surface area (Å²) in [7, 11) is -8.04. The van der Waals surface area contributed by atoms with Gasteiger partial charge in [0.25, 0.3) is 10.1 Å². The average molecular weight is 384 g/mol. The Bertz CT molecular complexity index is 731. The van der Waals surface area contributed by atoms with Crippen molar-refractivity contribution in [2.75, 3.05) is 7.11 Å². The van der Waals surface area contributed by atoms with Crippen molar-refractivity contribution in [3.05, 3.63) is 23.3 Å². The summed E-state index contributed by atoms with van der Waals surface area (Å²) in [4.78, 5) is 0. The van der Waals surface area contributed by atoms with E-state index in [0.29, 0.717) is 0 Å². The third-order valence-corrected chi connectivity index (χ3v) is 4.80. The van der Waals surface area contributed by atoms with Crippen molar-refractivity contribution in [3.8, 4) is 11.5 Å². The zero-order valence-corrected chi connectivity index (χ0v) is 18.9. The molecular weight excluding hydrogens is 370 g/mol. The van der Waals surface area contributed by atoms with Crippen molar-refractivity contribution < 1.29 is 94.9 Å². The molecule has 1 rings (SSSR count). The van der Waals surface area contributed by atoms with E-state index in [0.717, 1.165) is 19.2 Å². The second-order valence-electron chi connectivity index (χ2n) is 4.33. The molecule has 1 aromatic rings. The third kappa shape index (κ3) is 7.59. The molecule has 23 heavy (non-hydrogen) atoms. The van der Waals surface area contributed by atoms with Gasteiger partial charge >= 0.3 is 59.1 Å². The first-order chi connectivity index (χ1) is 9.49. The Kier molecular flexibility index (Phi) is 11.2. The van der Waals surface area contributed by atoms with Crippen LogP contribution in [0.3, 0.4) is 0 Å². The minimum absolute atomic E-state index is 0. The van der Waals surface area contributed by atoms with Gasteiger partial charge in [-0.3, -0.25) is 4.55 Å². The standard InChI is InChI=1S/C11H16O8S2.2Na/c1-3-10(21(16,17)18)7-4-8(6-20(13,14)15)11(12)9(5-7)19-2;;/h4-5,10,12H,3,6H2,1-2H3,(H,13,14,15)(H,16,17,18);;/q;2*+1/p-2. The Morgan fingerprint density at radius 3 is 2.09 bits per heavy atom. The molecule has 0 aliphatic rings. The molecule has 1 atom stereocenters. The Balaban J connectivity index is 0. The smallest absolute Gasteiger partial charge is 0.870 e. The van der Waals surface area contributed by atoms with E-state index < -0.39 is 42.6 Å². The quantitative estimate of drug-likeness (QED) is 0.377. The summed E-state index contributed by atoms with van der Waals surface area (Å²) in [6.07, 6.45) is -0.0102. The molecule has 0 aromatic heterocycles. The molecule has 0 bridgehead atoms. The van der Waals surface area contributed by atoms with Gasteiger partial charge in [-0.2, -0.15) is 8.42 Å². The number of rotatable bonds is 6. The van der Waals surface area contributed by atoms with Crippen molar-refractivity contribution in [1.82, 2.24) is 0 Å². The summed E-state index contributed by atoms with van der Waals surface area (Å²) < 4.78 is 68.9. The number of benzene rings is 1. The van der Waals surface area contributed by atoms with Crippen LogP contribution in [0, 0.1) is 0 Å². The van der Waals surface area contributed by atoms with Crippen LogP contribution in [0.25, 0.3) is 0 Å². The minimum Gasteiger partial charge on any atom is -0.870 e. The van der Waals surface area contributed by atoms with Gasteiger partial charge in [-0.15, -0.1) is 0 Å². The molecule has 0 aliphatic heterocycles. The molecule has 0 amide bonds. The zero-order valence-electron chi connectivity index (χ0n) is 13.3. The van der Waals surface area contributed by atoms with E-state index in [9.17, 15) is 26.5 Å². The van der Waals surface area contributed by atoms with Gasteiger partial charge < -0.3 is 14.4 Å². The van der Waals surface area contributed by atoms with Crippen molar-refractivity contribution >= 4 is 20.2 Å². The summed E-state index contributed by atoms with van der Waals surface area (Å²) in [6, 6.07) is 2.09. The van der Waals surface area contributed by atoms with E-state index in [1.807, 2.05) is 0 Å². The van der Waals surface area contributed by atoms with Crippen LogP contribution >= 0.6 is 0 Å².